The first-order chi connectivity index (χ1) is 9.30. The van der Waals surface area contributed by atoms with Gasteiger partial charge in [-0.3, -0.25) is 0 Å². The third-order valence-corrected chi connectivity index (χ3v) is 5.31. The third kappa shape index (κ3) is 5.73. The second-order valence-corrected chi connectivity index (χ2v) is 8.21. The van der Waals surface area contributed by atoms with Crippen LogP contribution in [0.15, 0.2) is 0 Å². The Kier molecular flexibility index (Phi) is 7.00. The van der Waals surface area contributed by atoms with E-state index >= 15 is 0 Å². The zero-order valence-corrected chi connectivity index (χ0v) is 14.9. The molecule has 20 heavy (non-hydrogen) atoms. The van der Waals surface area contributed by atoms with Crippen LogP contribution in [0, 0.1) is 16.7 Å². The molecule has 0 spiro atoms. The van der Waals surface area contributed by atoms with Gasteiger partial charge in [0.25, 0.3) is 0 Å². The van der Waals surface area contributed by atoms with E-state index in [1.807, 2.05) is 0 Å². The van der Waals surface area contributed by atoms with Crippen molar-refractivity contribution in [1.82, 2.24) is 10.2 Å². The van der Waals surface area contributed by atoms with E-state index < -0.39 is 0 Å². The predicted molar refractivity (Wildman–Crippen MR) is 90.2 cm³/mol. The Hall–Kier alpha value is -0.0800. The van der Waals surface area contributed by atoms with E-state index in [9.17, 15) is 0 Å². The van der Waals surface area contributed by atoms with Crippen molar-refractivity contribution in [3.05, 3.63) is 0 Å². The minimum Gasteiger partial charge on any atom is -0.316 e. The quantitative estimate of drug-likeness (QED) is 0.787. The molecule has 2 atom stereocenters. The lowest BCUT2D eigenvalue weighted by atomic mass is 9.77. The summed E-state index contributed by atoms with van der Waals surface area (Å²) in [4.78, 5) is 2.73. The molecule has 1 rings (SSSR count). The Morgan fingerprint density at radius 3 is 2.30 bits per heavy atom. The van der Waals surface area contributed by atoms with E-state index in [0.717, 1.165) is 19.0 Å². The first-order valence-electron chi connectivity index (χ1n) is 8.74. The summed E-state index contributed by atoms with van der Waals surface area (Å²) in [6.07, 6.45) is 5.43. The van der Waals surface area contributed by atoms with Crippen molar-refractivity contribution in [2.75, 3.05) is 32.7 Å². The molecular weight excluding hydrogens is 244 g/mol. The Bertz CT molecular complexity index is 269. The summed E-state index contributed by atoms with van der Waals surface area (Å²) in [5, 5.41) is 3.55. The van der Waals surface area contributed by atoms with Gasteiger partial charge in [0.15, 0.2) is 0 Å². The minimum absolute atomic E-state index is 0.428. The SMILES string of the molecule is CCNCC(C)(CC)CN1CCCC(C(C)(C)C)CC1. The summed E-state index contributed by atoms with van der Waals surface area (Å²) in [5.74, 6) is 0.897. The van der Waals surface area contributed by atoms with Gasteiger partial charge in [-0.25, -0.2) is 0 Å². The number of hydrogen-bond acceptors (Lipinski definition) is 2. The zero-order chi connectivity index (χ0) is 15.2. The summed E-state index contributed by atoms with van der Waals surface area (Å²) < 4.78 is 0. The second-order valence-electron chi connectivity index (χ2n) is 8.21. The topological polar surface area (TPSA) is 15.3 Å². The van der Waals surface area contributed by atoms with Crippen LogP contribution in [0.2, 0.25) is 0 Å². The molecule has 1 N–H and O–H groups in total. The molecule has 0 aromatic heterocycles. The molecule has 0 bridgehead atoms. The fourth-order valence-corrected chi connectivity index (χ4v) is 3.44. The largest absolute Gasteiger partial charge is 0.316 e. The fraction of sp³-hybridized carbons (Fsp3) is 1.00. The van der Waals surface area contributed by atoms with Crippen LogP contribution in [0.3, 0.4) is 0 Å². The highest BCUT2D eigenvalue weighted by atomic mass is 15.1. The summed E-state index contributed by atoms with van der Waals surface area (Å²) in [5.41, 5.74) is 0.908. The maximum atomic E-state index is 3.55. The Labute approximate surface area is 127 Å². The van der Waals surface area contributed by atoms with Crippen LogP contribution in [-0.2, 0) is 0 Å². The summed E-state index contributed by atoms with van der Waals surface area (Å²) in [6, 6.07) is 0. The van der Waals surface area contributed by atoms with E-state index in [2.05, 4.69) is 51.8 Å². The van der Waals surface area contributed by atoms with Gasteiger partial charge >= 0.3 is 0 Å². The van der Waals surface area contributed by atoms with Crippen molar-refractivity contribution >= 4 is 0 Å². The smallest absolute Gasteiger partial charge is 0.00474 e. The molecule has 0 radical (unpaired) electrons. The average molecular weight is 283 g/mol. The summed E-state index contributed by atoms with van der Waals surface area (Å²) in [7, 11) is 0. The van der Waals surface area contributed by atoms with Gasteiger partial charge in [0, 0.05) is 13.1 Å². The molecule has 1 fully saturated rings. The standard InChI is InChI=1S/C18H38N2/c1-7-18(6,14-19-8-2)15-20-12-9-10-16(11-13-20)17(3,4)5/h16,19H,7-15H2,1-6H3. The van der Waals surface area contributed by atoms with Gasteiger partial charge in [0.05, 0.1) is 0 Å². The highest BCUT2D eigenvalue weighted by molar-refractivity contribution is 4.83. The molecule has 0 saturated carbocycles. The molecule has 2 nitrogen and oxygen atoms in total. The van der Waals surface area contributed by atoms with Gasteiger partial charge in [-0.2, -0.15) is 0 Å². The zero-order valence-electron chi connectivity index (χ0n) is 14.9. The Balaban J connectivity index is 2.52. The van der Waals surface area contributed by atoms with Gasteiger partial charge in [-0.1, -0.05) is 41.5 Å². The van der Waals surface area contributed by atoms with E-state index in [1.54, 1.807) is 0 Å². The molecule has 1 aliphatic rings. The van der Waals surface area contributed by atoms with Gasteiger partial charge < -0.3 is 10.2 Å². The van der Waals surface area contributed by atoms with Gasteiger partial charge in [0.2, 0.25) is 0 Å². The monoisotopic (exact) mass is 282 g/mol. The molecule has 0 aromatic rings. The Morgan fingerprint density at radius 2 is 1.75 bits per heavy atom. The molecular formula is C18H38N2. The molecule has 2 heteroatoms. The molecule has 0 aromatic carbocycles. The van der Waals surface area contributed by atoms with Crippen LogP contribution < -0.4 is 5.32 Å². The number of hydrogen-bond donors (Lipinski definition) is 1. The summed E-state index contributed by atoms with van der Waals surface area (Å²) in [6.45, 7) is 20.3. The van der Waals surface area contributed by atoms with Crippen molar-refractivity contribution in [3.63, 3.8) is 0 Å². The van der Waals surface area contributed by atoms with Crippen molar-refractivity contribution in [3.8, 4) is 0 Å². The maximum Gasteiger partial charge on any atom is 0.00474 e. The lowest BCUT2D eigenvalue weighted by Gasteiger charge is -2.35. The second kappa shape index (κ2) is 7.79. The number of likely N-dealkylation sites (tertiary alicyclic amines) is 1. The number of rotatable bonds is 6. The highest BCUT2D eigenvalue weighted by Gasteiger charge is 2.30. The van der Waals surface area contributed by atoms with Crippen molar-refractivity contribution in [2.45, 2.75) is 67.2 Å². The van der Waals surface area contributed by atoms with E-state index in [4.69, 9.17) is 0 Å². The number of nitrogens with zero attached hydrogens (tertiary/aromatic N) is 1. The first-order valence-corrected chi connectivity index (χ1v) is 8.74. The molecule has 1 saturated heterocycles. The number of nitrogens with one attached hydrogen (secondary N) is 1. The maximum absolute atomic E-state index is 3.55. The lowest BCUT2D eigenvalue weighted by molar-refractivity contribution is 0.152. The van der Waals surface area contributed by atoms with Crippen LogP contribution in [-0.4, -0.2) is 37.6 Å². The van der Waals surface area contributed by atoms with E-state index in [-0.39, 0.29) is 0 Å². The molecule has 1 heterocycles. The normalized spacial score (nSPS) is 25.2. The van der Waals surface area contributed by atoms with Crippen molar-refractivity contribution < 1.29 is 0 Å². The van der Waals surface area contributed by atoms with Gasteiger partial charge in [-0.05, 0) is 62.1 Å². The van der Waals surface area contributed by atoms with Crippen LogP contribution in [0.4, 0.5) is 0 Å². The van der Waals surface area contributed by atoms with Crippen LogP contribution in [0.1, 0.15) is 67.2 Å². The molecule has 2 unspecified atom stereocenters. The summed E-state index contributed by atoms with van der Waals surface area (Å²) >= 11 is 0. The van der Waals surface area contributed by atoms with Crippen LogP contribution in [0.25, 0.3) is 0 Å². The van der Waals surface area contributed by atoms with E-state index in [0.29, 0.717) is 10.8 Å². The van der Waals surface area contributed by atoms with Crippen molar-refractivity contribution in [1.29, 1.82) is 0 Å². The minimum atomic E-state index is 0.428. The lowest BCUT2D eigenvalue weighted by Crippen LogP contribution is -2.42. The predicted octanol–water partition coefficient (Wildman–Crippen LogP) is 4.16. The third-order valence-electron chi connectivity index (χ3n) is 5.31. The van der Waals surface area contributed by atoms with Crippen molar-refractivity contribution in [2.24, 2.45) is 16.7 Å². The van der Waals surface area contributed by atoms with Gasteiger partial charge in [-0.15, -0.1) is 0 Å². The molecule has 0 amide bonds. The molecule has 1 aliphatic heterocycles. The van der Waals surface area contributed by atoms with Crippen LogP contribution in [0.5, 0.6) is 0 Å². The van der Waals surface area contributed by atoms with Gasteiger partial charge in [0.1, 0.15) is 0 Å². The first kappa shape index (κ1) is 18.0. The van der Waals surface area contributed by atoms with E-state index in [1.165, 1.54) is 45.3 Å². The Morgan fingerprint density at radius 1 is 1.05 bits per heavy atom. The average Bonchev–Trinajstić information content (AvgIpc) is 2.61. The molecule has 0 aliphatic carbocycles. The fourth-order valence-electron chi connectivity index (χ4n) is 3.44. The van der Waals surface area contributed by atoms with Crippen LogP contribution >= 0.6 is 0 Å². The highest BCUT2D eigenvalue weighted by Crippen LogP contribution is 2.35. The molecule has 120 valence electrons.